The highest BCUT2D eigenvalue weighted by Crippen LogP contribution is 2.44. The zero-order chi connectivity index (χ0) is 24.2. The minimum atomic E-state index is -2.15. The smallest absolute Gasteiger partial charge is 0.407 e. The molecule has 9 heteroatoms. The van der Waals surface area contributed by atoms with E-state index in [1.807, 2.05) is 48.5 Å². The molecular formula is C24H28N2O7. The third-order valence-electron chi connectivity index (χ3n) is 5.81. The first-order valence-corrected chi connectivity index (χ1v) is 10.5. The topological polar surface area (TPSA) is 134 Å². The Morgan fingerprint density at radius 3 is 2.12 bits per heavy atom. The summed E-state index contributed by atoms with van der Waals surface area (Å²) in [4.78, 5) is 36.2. The molecule has 0 aromatic heterocycles. The zero-order valence-corrected chi connectivity index (χ0v) is 18.7. The first kappa shape index (κ1) is 24.2. The van der Waals surface area contributed by atoms with Crippen molar-refractivity contribution in [2.75, 3.05) is 20.3 Å². The standard InChI is InChI=1S/C24H28N2O7/c1-14(32-3)20(21(27)25-13-24(2,31)22(28)29)26-23(30)33-12-19-17-10-6-4-8-15(17)16-9-5-7-11-18(16)19/h4-11,14,19-20,31H,12-13H2,1-3H3,(H,25,27)(H,26,30)(H,28,29)/t14-,20+,24?/m1/s1. The maximum absolute atomic E-state index is 12.6. The number of rotatable bonds is 9. The van der Waals surface area contributed by atoms with Crippen LogP contribution in [0.1, 0.15) is 30.9 Å². The number of methoxy groups -OCH3 is 1. The first-order valence-electron chi connectivity index (χ1n) is 10.5. The van der Waals surface area contributed by atoms with E-state index < -0.39 is 42.3 Å². The van der Waals surface area contributed by atoms with Crippen LogP contribution in [0.5, 0.6) is 0 Å². The van der Waals surface area contributed by atoms with Gasteiger partial charge in [-0.1, -0.05) is 48.5 Å². The largest absolute Gasteiger partial charge is 0.479 e. The monoisotopic (exact) mass is 456 g/mol. The predicted molar refractivity (Wildman–Crippen MR) is 120 cm³/mol. The zero-order valence-electron chi connectivity index (χ0n) is 18.7. The van der Waals surface area contributed by atoms with Gasteiger partial charge in [0.1, 0.15) is 12.6 Å². The van der Waals surface area contributed by atoms with Crippen molar-refractivity contribution in [1.82, 2.24) is 10.6 Å². The Kier molecular flexibility index (Phi) is 7.35. The number of nitrogens with one attached hydrogen (secondary N) is 2. The van der Waals surface area contributed by atoms with Crippen LogP contribution in [0.15, 0.2) is 48.5 Å². The highest BCUT2D eigenvalue weighted by molar-refractivity contribution is 5.87. The molecule has 3 atom stereocenters. The lowest BCUT2D eigenvalue weighted by Crippen LogP contribution is -2.56. The number of carbonyl (C=O) groups excluding carboxylic acids is 2. The summed E-state index contributed by atoms with van der Waals surface area (Å²) < 4.78 is 10.6. The van der Waals surface area contributed by atoms with E-state index in [1.54, 1.807) is 6.92 Å². The average molecular weight is 456 g/mol. The molecule has 2 aromatic carbocycles. The molecule has 0 saturated carbocycles. The minimum absolute atomic E-state index is 0.0727. The first-order chi connectivity index (χ1) is 15.7. The van der Waals surface area contributed by atoms with Gasteiger partial charge in [0.2, 0.25) is 5.91 Å². The molecule has 2 amide bonds. The number of aliphatic hydroxyl groups is 1. The molecular weight excluding hydrogens is 428 g/mol. The van der Waals surface area contributed by atoms with Crippen molar-refractivity contribution in [2.45, 2.75) is 37.5 Å². The van der Waals surface area contributed by atoms with Crippen molar-refractivity contribution in [3.8, 4) is 11.1 Å². The lowest BCUT2D eigenvalue weighted by Gasteiger charge is -2.25. The van der Waals surface area contributed by atoms with E-state index in [9.17, 15) is 19.5 Å². The number of ether oxygens (including phenoxy) is 2. The molecule has 0 aliphatic heterocycles. The van der Waals surface area contributed by atoms with Gasteiger partial charge in [0, 0.05) is 13.0 Å². The summed E-state index contributed by atoms with van der Waals surface area (Å²) in [5, 5.41) is 23.6. The van der Waals surface area contributed by atoms with E-state index in [1.165, 1.54) is 7.11 Å². The molecule has 1 aliphatic carbocycles. The van der Waals surface area contributed by atoms with E-state index in [-0.39, 0.29) is 12.5 Å². The summed E-state index contributed by atoms with van der Waals surface area (Å²) in [6.45, 7) is 2.16. The summed E-state index contributed by atoms with van der Waals surface area (Å²) in [5.41, 5.74) is 2.15. The van der Waals surface area contributed by atoms with Crippen LogP contribution >= 0.6 is 0 Å². The average Bonchev–Trinajstić information content (AvgIpc) is 3.13. The number of benzene rings is 2. The lowest BCUT2D eigenvalue weighted by molar-refractivity contribution is -0.156. The Bertz CT molecular complexity index is 991. The van der Waals surface area contributed by atoms with Gasteiger partial charge in [0.25, 0.3) is 0 Å². The summed E-state index contributed by atoms with van der Waals surface area (Å²) in [6.07, 6.45) is -1.55. The number of hydrogen-bond acceptors (Lipinski definition) is 6. The summed E-state index contributed by atoms with van der Waals surface area (Å²) in [5.74, 6) is -2.33. The fourth-order valence-electron chi connectivity index (χ4n) is 3.74. The molecule has 33 heavy (non-hydrogen) atoms. The van der Waals surface area contributed by atoms with Crippen molar-refractivity contribution < 1.29 is 34.1 Å². The molecule has 3 rings (SSSR count). The van der Waals surface area contributed by atoms with Gasteiger partial charge in [-0.2, -0.15) is 0 Å². The molecule has 0 radical (unpaired) electrons. The molecule has 0 spiro atoms. The number of aliphatic carboxylic acids is 1. The van der Waals surface area contributed by atoms with Crippen LogP contribution in [0.25, 0.3) is 11.1 Å². The molecule has 4 N–H and O–H groups in total. The molecule has 0 fully saturated rings. The van der Waals surface area contributed by atoms with Crippen LogP contribution in [0, 0.1) is 0 Å². The second-order valence-electron chi connectivity index (χ2n) is 8.19. The van der Waals surface area contributed by atoms with Gasteiger partial charge >= 0.3 is 12.1 Å². The van der Waals surface area contributed by atoms with Gasteiger partial charge in [-0.05, 0) is 36.1 Å². The normalized spacial score (nSPS) is 16.0. The van der Waals surface area contributed by atoms with Crippen molar-refractivity contribution in [2.24, 2.45) is 0 Å². The number of fused-ring (bicyclic) bond motifs is 3. The van der Waals surface area contributed by atoms with Gasteiger partial charge in [0.05, 0.1) is 12.6 Å². The second-order valence-corrected chi connectivity index (χ2v) is 8.19. The van der Waals surface area contributed by atoms with E-state index in [0.29, 0.717) is 0 Å². The third kappa shape index (κ3) is 5.32. The molecule has 0 saturated heterocycles. The van der Waals surface area contributed by atoms with Crippen LogP contribution in [0.3, 0.4) is 0 Å². The van der Waals surface area contributed by atoms with Gasteiger partial charge < -0.3 is 30.3 Å². The molecule has 9 nitrogen and oxygen atoms in total. The molecule has 1 aliphatic rings. The molecule has 176 valence electrons. The van der Waals surface area contributed by atoms with E-state index in [4.69, 9.17) is 14.6 Å². The second kappa shape index (κ2) is 10.0. The number of carboxylic acid groups (broad SMARTS) is 1. The van der Waals surface area contributed by atoms with Crippen molar-refractivity contribution in [3.05, 3.63) is 59.7 Å². The Morgan fingerprint density at radius 2 is 1.61 bits per heavy atom. The fraction of sp³-hybridized carbons (Fsp3) is 0.375. The lowest BCUT2D eigenvalue weighted by atomic mass is 9.98. The summed E-state index contributed by atoms with van der Waals surface area (Å²) in [7, 11) is 1.37. The van der Waals surface area contributed by atoms with Gasteiger partial charge in [-0.15, -0.1) is 0 Å². The Hall–Kier alpha value is -3.43. The maximum Gasteiger partial charge on any atom is 0.407 e. The molecule has 1 unspecified atom stereocenters. The fourth-order valence-corrected chi connectivity index (χ4v) is 3.74. The van der Waals surface area contributed by atoms with Crippen molar-refractivity contribution >= 4 is 18.0 Å². The molecule has 0 bridgehead atoms. The van der Waals surface area contributed by atoms with Gasteiger partial charge in [0.15, 0.2) is 5.60 Å². The number of carbonyl (C=O) groups is 3. The highest BCUT2D eigenvalue weighted by Gasteiger charge is 2.34. The number of alkyl carbamates (subject to hydrolysis) is 1. The van der Waals surface area contributed by atoms with Crippen LogP contribution in [-0.4, -0.2) is 66.2 Å². The van der Waals surface area contributed by atoms with Crippen molar-refractivity contribution in [1.29, 1.82) is 0 Å². The minimum Gasteiger partial charge on any atom is -0.479 e. The number of hydrogen-bond donors (Lipinski definition) is 4. The predicted octanol–water partition coefficient (Wildman–Crippen LogP) is 1.88. The van der Waals surface area contributed by atoms with Crippen molar-refractivity contribution in [3.63, 3.8) is 0 Å². The van der Waals surface area contributed by atoms with Gasteiger partial charge in [-0.3, -0.25) is 4.79 Å². The van der Waals surface area contributed by atoms with E-state index in [2.05, 4.69) is 10.6 Å². The quantitative estimate of drug-likeness (QED) is 0.453. The van der Waals surface area contributed by atoms with Crippen LogP contribution in [0.4, 0.5) is 4.79 Å². The van der Waals surface area contributed by atoms with E-state index >= 15 is 0 Å². The number of amides is 2. The highest BCUT2D eigenvalue weighted by atomic mass is 16.5. The molecule has 2 aromatic rings. The molecule has 0 heterocycles. The Morgan fingerprint density at radius 1 is 1.06 bits per heavy atom. The SMILES string of the molecule is CO[C@H](C)[C@H](NC(=O)OCC1c2ccccc2-c2ccccc21)C(=O)NCC(C)(O)C(=O)O. The van der Waals surface area contributed by atoms with E-state index in [0.717, 1.165) is 29.2 Å². The Balaban J connectivity index is 1.65. The van der Waals surface area contributed by atoms with Crippen LogP contribution in [-0.2, 0) is 19.1 Å². The Labute approximate surface area is 191 Å². The number of carboxylic acids is 1. The van der Waals surface area contributed by atoms with Crippen LogP contribution in [0.2, 0.25) is 0 Å². The maximum atomic E-state index is 12.6. The van der Waals surface area contributed by atoms with Crippen LogP contribution < -0.4 is 10.6 Å². The summed E-state index contributed by atoms with van der Waals surface area (Å²) in [6, 6.07) is 14.7. The third-order valence-corrected chi connectivity index (χ3v) is 5.81. The van der Waals surface area contributed by atoms with Gasteiger partial charge in [-0.25, -0.2) is 9.59 Å². The summed E-state index contributed by atoms with van der Waals surface area (Å²) >= 11 is 0.